The van der Waals surface area contributed by atoms with Crippen LogP contribution in [0, 0.1) is 5.92 Å². The second-order valence-corrected chi connectivity index (χ2v) is 5.35. The minimum absolute atomic E-state index is 0.596. The Morgan fingerprint density at radius 2 is 2.57 bits per heavy atom. The molecule has 4 atom stereocenters. The molecule has 0 radical (unpaired) electrons. The van der Waals surface area contributed by atoms with E-state index in [-0.39, 0.29) is 0 Å². The second kappa shape index (κ2) is 0.880. The van der Waals surface area contributed by atoms with Crippen molar-refractivity contribution in [1.82, 2.24) is 3.11 Å². The molecule has 0 aromatic rings. The summed E-state index contributed by atoms with van der Waals surface area (Å²) in [6.07, 6.45) is 1.57. The summed E-state index contributed by atoms with van der Waals surface area (Å²) < 4.78 is 4.38. The molecule has 40 valence electrons. The normalized spacial score (nSPS) is 73.1. The molecule has 7 heavy (non-hydrogen) atoms. The maximum atomic E-state index is 2.75. The number of hydrogen-bond donors (Lipinski definition) is 0. The molecule has 3 aliphatic rings. The molecule has 0 aromatic heterocycles. The first-order chi connectivity index (χ1) is 3.47. The summed E-state index contributed by atoms with van der Waals surface area (Å²) in [5, 5.41) is 0. The van der Waals surface area contributed by atoms with E-state index < -0.39 is 0 Å². The van der Waals surface area contributed by atoms with Crippen molar-refractivity contribution in [2.75, 3.05) is 4.43 Å². The van der Waals surface area contributed by atoms with Gasteiger partial charge in [0.2, 0.25) is 0 Å². The Bertz CT molecular complexity index is 112. The van der Waals surface area contributed by atoms with Crippen LogP contribution < -0.4 is 21.5 Å². The molecule has 0 aromatic carbocycles. The van der Waals surface area contributed by atoms with Crippen molar-refractivity contribution < 1.29 is 21.5 Å². The standard InChI is InChI=1S/C5H7IN/c1-3-2-6-7-4(1)5(3)7/h3-5H,1-2H2/q-1. The summed E-state index contributed by atoms with van der Waals surface area (Å²) in [4.78, 5) is 0. The maximum absolute atomic E-state index is 2.75. The van der Waals surface area contributed by atoms with Crippen molar-refractivity contribution in [3.63, 3.8) is 0 Å². The zero-order chi connectivity index (χ0) is 4.43. The average Bonchev–Trinajstić information content (AvgIpc) is 2.02. The molecule has 0 spiro atoms. The van der Waals surface area contributed by atoms with E-state index in [1.807, 2.05) is 0 Å². The molecule has 1 nitrogen and oxygen atoms in total. The van der Waals surface area contributed by atoms with Crippen molar-refractivity contribution in [3.05, 3.63) is 0 Å². The van der Waals surface area contributed by atoms with Gasteiger partial charge in [-0.15, -0.1) is 0 Å². The quantitative estimate of drug-likeness (QED) is 0.178. The van der Waals surface area contributed by atoms with E-state index in [0.717, 1.165) is 12.1 Å². The van der Waals surface area contributed by atoms with Gasteiger partial charge in [0.1, 0.15) is 0 Å². The number of fused-ring (bicyclic) bond motifs is 1. The number of hydrogen-bond acceptors (Lipinski definition) is 1. The van der Waals surface area contributed by atoms with Gasteiger partial charge in [-0.1, -0.05) is 0 Å². The first-order valence-corrected chi connectivity index (χ1v) is 5.33. The number of alkyl halides is 1. The summed E-state index contributed by atoms with van der Waals surface area (Å²) in [7, 11) is 0. The first kappa shape index (κ1) is 3.67. The summed E-state index contributed by atoms with van der Waals surface area (Å²) >= 11 is 0.596. The minimum atomic E-state index is 0.596. The van der Waals surface area contributed by atoms with Gasteiger partial charge in [0.15, 0.2) is 0 Å². The van der Waals surface area contributed by atoms with Crippen molar-refractivity contribution in [1.29, 1.82) is 0 Å². The third-order valence-corrected chi connectivity index (χ3v) is 6.01. The van der Waals surface area contributed by atoms with E-state index in [9.17, 15) is 0 Å². The van der Waals surface area contributed by atoms with Gasteiger partial charge in [0.05, 0.1) is 0 Å². The molecule has 2 heterocycles. The SMILES string of the molecule is C1[I-]N2C3CC1C32. The third kappa shape index (κ3) is 0.262. The predicted octanol–water partition coefficient (Wildman–Crippen LogP) is -2.92. The van der Waals surface area contributed by atoms with Gasteiger partial charge < -0.3 is 0 Å². The van der Waals surface area contributed by atoms with E-state index >= 15 is 0 Å². The Morgan fingerprint density at radius 3 is 2.71 bits per heavy atom. The van der Waals surface area contributed by atoms with Crippen LogP contribution in [0.1, 0.15) is 6.42 Å². The molecule has 0 bridgehead atoms. The molecule has 2 aliphatic heterocycles. The molecule has 1 aliphatic carbocycles. The molecular weight excluding hydrogens is 201 g/mol. The molecule has 3 rings (SSSR count). The fourth-order valence-electron chi connectivity index (χ4n) is 1.77. The summed E-state index contributed by atoms with van der Waals surface area (Å²) in [5.74, 6) is 1.21. The van der Waals surface area contributed by atoms with Gasteiger partial charge in [-0.25, -0.2) is 0 Å². The van der Waals surface area contributed by atoms with Gasteiger partial charge in [-0.2, -0.15) is 0 Å². The van der Waals surface area contributed by atoms with E-state index in [1.165, 1.54) is 5.92 Å². The average molecular weight is 208 g/mol. The molecule has 0 N–H and O–H groups in total. The van der Waals surface area contributed by atoms with Crippen LogP contribution in [0.3, 0.4) is 0 Å². The van der Waals surface area contributed by atoms with Crippen LogP contribution in [-0.2, 0) is 0 Å². The van der Waals surface area contributed by atoms with Crippen molar-refractivity contribution >= 4 is 0 Å². The van der Waals surface area contributed by atoms with E-state index in [0.29, 0.717) is 21.5 Å². The summed E-state index contributed by atoms with van der Waals surface area (Å²) in [5.41, 5.74) is 0. The Labute approximate surface area is 53.7 Å². The van der Waals surface area contributed by atoms with E-state index in [2.05, 4.69) is 3.11 Å². The molecule has 2 saturated heterocycles. The summed E-state index contributed by atoms with van der Waals surface area (Å²) in [6.45, 7) is 0. The van der Waals surface area contributed by atoms with Crippen LogP contribution in [-0.4, -0.2) is 19.6 Å². The van der Waals surface area contributed by atoms with Crippen LogP contribution in [0.5, 0.6) is 0 Å². The Kier molecular flexibility index (Phi) is 0.461. The molecule has 0 amide bonds. The van der Waals surface area contributed by atoms with Gasteiger partial charge in [0, 0.05) is 0 Å². The third-order valence-electron chi connectivity index (χ3n) is 2.34. The molecular formula is C5H7IN-. The van der Waals surface area contributed by atoms with Crippen molar-refractivity contribution in [2.45, 2.75) is 18.5 Å². The topological polar surface area (TPSA) is 3.01 Å². The van der Waals surface area contributed by atoms with Crippen LogP contribution in [0.25, 0.3) is 0 Å². The van der Waals surface area contributed by atoms with Gasteiger partial charge >= 0.3 is 53.4 Å². The van der Waals surface area contributed by atoms with E-state index in [4.69, 9.17) is 0 Å². The Balaban J connectivity index is 2.07. The van der Waals surface area contributed by atoms with Crippen molar-refractivity contribution in [3.8, 4) is 0 Å². The van der Waals surface area contributed by atoms with Crippen LogP contribution >= 0.6 is 0 Å². The fourth-order valence-corrected chi connectivity index (χ4v) is 5.81. The molecule has 2 heteroatoms. The summed E-state index contributed by atoms with van der Waals surface area (Å²) in [6, 6.07) is 2.30. The fraction of sp³-hybridized carbons (Fsp3) is 1.00. The molecule has 3 fully saturated rings. The number of rotatable bonds is 0. The zero-order valence-corrected chi connectivity index (χ0v) is 6.13. The van der Waals surface area contributed by atoms with Gasteiger partial charge in [-0.3, -0.25) is 0 Å². The zero-order valence-electron chi connectivity index (χ0n) is 3.97. The van der Waals surface area contributed by atoms with Crippen LogP contribution in [0.2, 0.25) is 0 Å². The number of halogens is 1. The Morgan fingerprint density at radius 1 is 1.57 bits per heavy atom. The van der Waals surface area contributed by atoms with Gasteiger partial charge in [0.25, 0.3) is 0 Å². The first-order valence-electron chi connectivity index (χ1n) is 2.84. The van der Waals surface area contributed by atoms with Gasteiger partial charge in [-0.05, 0) is 0 Å². The number of nitrogens with zero attached hydrogens (tertiary/aromatic N) is 1. The monoisotopic (exact) mass is 208 g/mol. The Hall–Kier alpha value is 0.690. The van der Waals surface area contributed by atoms with Crippen molar-refractivity contribution in [2.24, 2.45) is 5.92 Å². The van der Waals surface area contributed by atoms with E-state index in [1.54, 1.807) is 10.8 Å². The van der Waals surface area contributed by atoms with Crippen LogP contribution in [0.15, 0.2) is 0 Å². The molecule has 4 unspecified atom stereocenters. The predicted molar refractivity (Wildman–Crippen MR) is 22.4 cm³/mol. The second-order valence-electron chi connectivity index (χ2n) is 2.67. The van der Waals surface area contributed by atoms with Crippen LogP contribution in [0.4, 0.5) is 0 Å². The molecule has 1 saturated carbocycles.